The maximum absolute atomic E-state index is 13.4. The van der Waals surface area contributed by atoms with E-state index in [0.29, 0.717) is 5.56 Å². The number of benzene rings is 2. The molecule has 2 aromatic carbocycles. The monoisotopic (exact) mass is 362 g/mol. The molecular weight excluding hydrogens is 349 g/mol. The summed E-state index contributed by atoms with van der Waals surface area (Å²) in [5.41, 5.74) is 0.339. The van der Waals surface area contributed by atoms with Crippen LogP contribution in [-0.2, 0) is 16.0 Å². The van der Waals surface area contributed by atoms with E-state index in [1.54, 1.807) is 6.07 Å². The van der Waals surface area contributed by atoms with Crippen LogP contribution in [0.3, 0.4) is 0 Å². The summed E-state index contributed by atoms with van der Waals surface area (Å²) in [6.45, 7) is 0.0289. The first-order chi connectivity index (χ1) is 12.3. The fourth-order valence-electron chi connectivity index (χ4n) is 2.54. The number of halogens is 3. The average molecular weight is 362 g/mol. The van der Waals surface area contributed by atoms with E-state index < -0.39 is 35.0 Å². The van der Waals surface area contributed by atoms with Crippen molar-refractivity contribution in [2.75, 3.05) is 11.9 Å². The molecule has 2 amide bonds. The second-order valence-corrected chi connectivity index (χ2v) is 5.65. The Bertz CT molecular complexity index is 905. The van der Waals surface area contributed by atoms with Crippen LogP contribution in [0.15, 0.2) is 48.2 Å². The molecule has 0 unspecified atom stereocenters. The van der Waals surface area contributed by atoms with Crippen molar-refractivity contribution in [2.24, 2.45) is 0 Å². The lowest BCUT2D eigenvalue weighted by Gasteiger charge is -2.15. The van der Waals surface area contributed by atoms with E-state index in [1.165, 1.54) is 18.2 Å². The van der Waals surface area contributed by atoms with Crippen LogP contribution in [-0.4, -0.2) is 28.4 Å². The van der Waals surface area contributed by atoms with Crippen molar-refractivity contribution in [3.63, 3.8) is 0 Å². The summed E-state index contributed by atoms with van der Waals surface area (Å²) < 4.78 is 39.9. The van der Waals surface area contributed by atoms with Gasteiger partial charge in [-0.15, -0.1) is 0 Å². The van der Waals surface area contributed by atoms with Crippen LogP contribution in [0.25, 0.3) is 0 Å². The summed E-state index contributed by atoms with van der Waals surface area (Å²) in [5.74, 6) is -5.21. The fraction of sp³-hybridized carbons (Fsp3) is 0.111. The Morgan fingerprint density at radius 2 is 1.73 bits per heavy atom. The van der Waals surface area contributed by atoms with Gasteiger partial charge >= 0.3 is 0 Å². The molecule has 0 spiro atoms. The van der Waals surface area contributed by atoms with Gasteiger partial charge in [-0.05, 0) is 24.1 Å². The molecule has 1 aliphatic rings. The van der Waals surface area contributed by atoms with E-state index in [0.717, 1.165) is 23.1 Å². The highest BCUT2D eigenvalue weighted by Crippen LogP contribution is 2.26. The van der Waals surface area contributed by atoms with Crippen LogP contribution in [0.1, 0.15) is 5.56 Å². The largest absolute Gasteiger partial charge is 0.503 e. The first-order valence-electron chi connectivity index (χ1n) is 7.62. The van der Waals surface area contributed by atoms with Gasteiger partial charge in [0.15, 0.2) is 17.4 Å². The van der Waals surface area contributed by atoms with Gasteiger partial charge in [0.25, 0.3) is 11.8 Å². The lowest BCUT2D eigenvalue weighted by molar-refractivity contribution is -0.137. The zero-order valence-electron chi connectivity index (χ0n) is 13.3. The van der Waals surface area contributed by atoms with Gasteiger partial charge in [-0.2, -0.15) is 0 Å². The smallest absolute Gasteiger partial charge is 0.277 e. The second-order valence-electron chi connectivity index (χ2n) is 5.65. The van der Waals surface area contributed by atoms with E-state index >= 15 is 0 Å². The zero-order valence-corrected chi connectivity index (χ0v) is 13.3. The first kappa shape index (κ1) is 17.5. The average Bonchev–Trinajstić information content (AvgIpc) is 2.84. The third kappa shape index (κ3) is 3.53. The second kappa shape index (κ2) is 6.91. The molecule has 0 aliphatic carbocycles. The molecule has 134 valence electrons. The number of nitrogens with zero attached hydrogens (tertiary/aromatic N) is 1. The SMILES string of the molecule is O=C1C=C(Nc2cc(F)c(O)c(F)c2)C(=O)N1CCc1cccc(F)c1. The Hall–Kier alpha value is -3.29. The van der Waals surface area contributed by atoms with Crippen LogP contribution in [0, 0.1) is 17.5 Å². The number of carbonyl (C=O) groups is 2. The predicted molar refractivity (Wildman–Crippen MR) is 86.6 cm³/mol. The standard InChI is InChI=1S/C18H13F3N2O3/c19-11-3-1-2-10(6-11)4-5-23-16(24)9-15(18(23)26)22-12-7-13(20)17(25)14(21)8-12/h1-3,6-9,22,25H,4-5H2. The summed E-state index contributed by atoms with van der Waals surface area (Å²) in [4.78, 5) is 25.2. The quantitative estimate of drug-likeness (QED) is 0.634. The van der Waals surface area contributed by atoms with Crippen molar-refractivity contribution >= 4 is 17.5 Å². The van der Waals surface area contributed by atoms with Crippen LogP contribution < -0.4 is 5.32 Å². The van der Waals surface area contributed by atoms with E-state index in [4.69, 9.17) is 5.11 Å². The molecule has 5 nitrogen and oxygen atoms in total. The number of anilines is 1. The summed E-state index contributed by atoms with van der Waals surface area (Å²) in [6, 6.07) is 7.38. The number of amides is 2. The number of carbonyl (C=O) groups excluding carboxylic acids is 2. The summed E-state index contributed by atoms with van der Waals surface area (Å²) in [7, 11) is 0. The number of phenolic OH excluding ortho intramolecular Hbond substituents is 1. The highest BCUT2D eigenvalue weighted by atomic mass is 19.1. The number of imide groups is 1. The molecule has 3 rings (SSSR count). The highest BCUT2D eigenvalue weighted by Gasteiger charge is 2.31. The number of nitrogens with one attached hydrogen (secondary N) is 1. The number of aromatic hydroxyl groups is 1. The Morgan fingerprint density at radius 1 is 1.04 bits per heavy atom. The minimum atomic E-state index is -1.20. The molecule has 1 aliphatic heterocycles. The molecule has 8 heteroatoms. The van der Waals surface area contributed by atoms with Crippen LogP contribution >= 0.6 is 0 Å². The van der Waals surface area contributed by atoms with Gasteiger partial charge in [0.2, 0.25) is 0 Å². The number of hydrogen-bond donors (Lipinski definition) is 2. The first-order valence-corrected chi connectivity index (χ1v) is 7.62. The van der Waals surface area contributed by atoms with Gasteiger partial charge in [0.1, 0.15) is 11.5 Å². The maximum atomic E-state index is 13.4. The van der Waals surface area contributed by atoms with E-state index in [2.05, 4.69) is 5.32 Å². The van der Waals surface area contributed by atoms with Gasteiger partial charge in [-0.1, -0.05) is 12.1 Å². The Labute approximate surface area is 146 Å². The van der Waals surface area contributed by atoms with E-state index in [-0.39, 0.29) is 24.4 Å². The Morgan fingerprint density at radius 3 is 2.38 bits per heavy atom. The van der Waals surface area contributed by atoms with Crippen LogP contribution in [0.4, 0.5) is 18.9 Å². The maximum Gasteiger partial charge on any atom is 0.277 e. The predicted octanol–water partition coefficient (Wildman–Crippen LogP) is 2.72. The molecular formula is C18H13F3N2O3. The van der Waals surface area contributed by atoms with Crippen molar-refractivity contribution in [3.05, 3.63) is 71.2 Å². The topological polar surface area (TPSA) is 69.6 Å². The molecule has 0 saturated heterocycles. The molecule has 0 bridgehead atoms. The Kier molecular flexibility index (Phi) is 4.66. The van der Waals surface area contributed by atoms with Crippen molar-refractivity contribution in [2.45, 2.75) is 6.42 Å². The van der Waals surface area contributed by atoms with E-state index in [1.807, 2.05) is 0 Å². The normalized spacial score (nSPS) is 14.0. The minimum absolute atomic E-state index is 0.0289. The van der Waals surface area contributed by atoms with Gasteiger partial charge in [0.05, 0.1) is 0 Å². The van der Waals surface area contributed by atoms with Gasteiger partial charge < -0.3 is 10.4 Å². The molecule has 1 heterocycles. The molecule has 26 heavy (non-hydrogen) atoms. The molecule has 0 saturated carbocycles. The van der Waals surface area contributed by atoms with Crippen molar-refractivity contribution < 1.29 is 27.9 Å². The third-order valence-electron chi connectivity index (χ3n) is 3.82. The van der Waals surface area contributed by atoms with Gasteiger partial charge in [-0.3, -0.25) is 14.5 Å². The fourth-order valence-corrected chi connectivity index (χ4v) is 2.54. The number of phenols is 1. The van der Waals surface area contributed by atoms with Crippen molar-refractivity contribution in [1.82, 2.24) is 4.90 Å². The molecule has 0 fully saturated rings. The lowest BCUT2D eigenvalue weighted by Crippen LogP contribution is -2.33. The summed E-state index contributed by atoms with van der Waals surface area (Å²) in [5, 5.41) is 11.5. The lowest BCUT2D eigenvalue weighted by atomic mass is 10.1. The summed E-state index contributed by atoms with van der Waals surface area (Å²) >= 11 is 0. The van der Waals surface area contributed by atoms with Gasteiger partial charge in [0, 0.05) is 30.4 Å². The van der Waals surface area contributed by atoms with Crippen LogP contribution in [0.2, 0.25) is 0 Å². The molecule has 0 radical (unpaired) electrons. The number of hydrogen-bond acceptors (Lipinski definition) is 4. The molecule has 2 aromatic rings. The van der Waals surface area contributed by atoms with Crippen molar-refractivity contribution in [3.8, 4) is 5.75 Å². The molecule has 0 atom stereocenters. The van der Waals surface area contributed by atoms with Crippen LogP contribution in [0.5, 0.6) is 5.75 Å². The highest BCUT2D eigenvalue weighted by molar-refractivity contribution is 6.17. The molecule has 2 N–H and O–H groups in total. The van der Waals surface area contributed by atoms with Crippen molar-refractivity contribution in [1.29, 1.82) is 0 Å². The van der Waals surface area contributed by atoms with E-state index in [9.17, 15) is 22.8 Å². The minimum Gasteiger partial charge on any atom is -0.503 e. The molecule has 0 aromatic heterocycles. The Balaban J connectivity index is 1.69. The summed E-state index contributed by atoms with van der Waals surface area (Å²) in [6.07, 6.45) is 1.27. The third-order valence-corrected chi connectivity index (χ3v) is 3.82. The zero-order chi connectivity index (χ0) is 18.8. The van der Waals surface area contributed by atoms with Gasteiger partial charge in [-0.25, -0.2) is 13.2 Å². The number of rotatable bonds is 5.